The summed E-state index contributed by atoms with van der Waals surface area (Å²) in [6.07, 6.45) is 2.02. The van der Waals surface area contributed by atoms with Gasteiger partial charge in [-0.25, -0.2) is 4.79 Å². The van der Waals surface area contributed by atoms with Gasteiger partial charge in [-0.1, -0.05) is 38.1 Å². The number of hydrogen-bond acceptors (Lipinski definition) is 3. The fourth-order valence-corrected chi connectivity index (χ4v) is 3.15. The zero-order chi connectivity index (χ0) is 16.9. The first-order valence-electron chi connectivity index (χ1n) is 8.23. The second kappa shape index (κ2) is 7.79. The molecule has 1 aromatic rings. The third-order valence-corrected chi connectivity index (χ3v) is 4.58. The van der Waals surface area contributed by atoms with Crippen LogP contribution in [0.1, 0.15) is 43.9 Å². The maximum atomic E-state index is 12.2. The molecule has 0 fully saturated rings. The average Bonchev–Trinajstić information content (AvgIpc) is 2.50. The van der Waals surface area contributed by atoms with E-state index >= 15 is 0 Å². The van der Waals surface area contributed by atoms with Crippen molar-refractivity contribution in [1.82, 2.24) is 10.6 Å². The first kappa shape index (κ1) is 17.8. The third-order valence-electron chi connectivity index (χ3n) is 4.58. The second-order valence-corrected chi connectivity index (χ2v) is 6.92. The van der Waals surface area contributed by atoms with Crippen molar-refractivity contribution in [2.24, 2.45) is 5.41 Å². The Morgan fingerprint density at radius 3 is 2.91 bits per heavy atom. The normalized spacial score (nSPS) is 20.4. The lowest BCUT2D eigenvalue weighted by Gasteiger charge is -2.40. The van der Waals surface area contributed by atoms with E-state index in [1.807, 2.05) is 12.1 Å². The number of amides is 2. The number of methoxy groups -OCH3 is 1. The predicted molar refractivity (Wildman–Crippen MR) is 90.3 cm³/mol. The van der Waals surface area contributed by atoms with Gasteiger partial charge in [-0.05, 0) is 35.8 Å². The van der Waals surface area contributed by atoms with Crippen LogP contribution in [-0.2, 0) is 11.2 Å². The topological polar surface area (TPSA) is 70.6 Å². The Labute approximate surface area is 138 Å². The highest BCUT2D eigenvalue weighted by molar-refractivity contribution is 5.74. The Bertz CT molecular complexity index is 531. The van der Waals surface area contributed by atoms with Crippen molar-refractivity contribution in [3.63, 3.8) is 0 Å². The molecule has 2 amide bonds. The molecule has 2 atom stereocenters. The van der Waals surface area contributed by atoms with Gasteiger partial charge in [0.25, 0.3) is 0 Å². The molecular weight excluding hydrogens is 292 g/mol. The maximum Gasteiger partial charge on any atom is 0.315 e. The zero-order valence-corrected chi connectivity index (χ0v) is 14.3. The lowest BCUT2D eigenvalue weighted by molar-refractivity contribution is 0.0598. The van der Waals surface area contributed by atoms with Crippen LogP contribution in [0.25, 0.3) is 0 Å². The van der Waals surface area contributed by atoms with Crippen molar-refractivity contribution < 1.29 is 14.6 Å². The highest BCUT2D eigenvalue weighted by Crippen LogP contribution is 2.43. The summed E-state index contributed by atoms with van der Waals surface area (Å²) in [4.78, 5) is 12.2. The molecule has 1 aliphatic rings. The lowest BCUT2D eigenvalue weighted by Crippen LogP contribution is -2.45. The number of rotatable bonds is 6. The van der Waals surface area contributed by atoms with Crippen LogP contribution in [0.3, 0.4) is 0 Å². The summed E-state index contributed by atoms with van der Waals surface area (Å²) in [6, 6.07) is 8.11. The maximum absolute atomic E-state index is 12.2. The molecule has 0 bridgehead atoms. The van der Waals surface area contributed by atoms with Gasteiger partial charge in [-0.3, -0.25) is 0 Å². The summed E-state index contributed by atoms with van der Waals surface area (Å²) in [5.74, 6) is 0. The van der Waals surface area contributed by atoms with Gasteiger partial charge in [0, 0.05) is 13.7 Å². The Morgan fingerprint density at radius 2 is 2.17 bits per heavy atom. The quantitative estimate of drug-likeness (QED) is 0.754. The van der Waals surface area contributed by atoms with Crippen LogP contribution in [-0.4, -0.2) is 37.5 Å². The SMILES string of the molecule is COC[C@H](O)CCNC(=O)N[C@H]1c2ccccc2CCC1(C)C. The predicted octanol–water partition coefficient (Wildman–Crippen LogP) is 2.40. The molecule has 1 aromatic carbocycles. The summed E-state index contributed by atoms with van der Waals surface area (Å²) >= 11 is 0. The monoisotopic (exact) mass is 320 g/mol. The first-order valence-corrected chi connectivity index (χ1v) is 8.23. The number of aryl methyl sites for hydroxylation is 1. The standard InChI is InChI=1S/C18H28N2O3/c1-18(2)10-8-13-6-4-5-7-15(13)16(18)20-17(22)19-11-9-14(21)12-23-3/h4-7,14,16,21H,8-12H2,1-3H3,(H2,19,20,22)/t14-,16+/m1/s1. The van der Waals surface area contributed by atoms with Crippen LogP contribution in [0.2, 0.25) is 0 Å². The van der Waals surface area contributed by atoms with E-state index in [-0.39, 0.29) is 24.1 Å². The molecule has 23 heavy (non-hydrogen) atoms. The molecule has 0 unspecified atom stereocenters. The number of urea groups is 1. The van der Waals surface area contributed by atoms with Crippen LogP contribution in [0.5, 0.6) is 0 Å². The van der Waals surface area contributed by atoms with Gasteiger partial charge in [0.1, 0.15) is 0 Å². The molecule has 5 heteroatoms. The van der Waals surface area contributed by atoms with Gasteiger partial charge in [0.2, 0.25) is 0 Å². The molecular formula is C18H28N2O3. The number of benzene rings is 1. The molecule has 0 radical (unpaired) electrons. The Morgan fingerprint density at radius 1 is 1.43 bits per heavy atom. The van der Waals surface area contributed by atoms with Crippen molar-refractivity contribution in [3.8, 4) is 0 Å². The molecule has 5 nitrogen and oxygen atoms in total. The number of hydrogen-bond donors (Lipinski definition) is 3. The fraction of sp³-hybridized carbons (Fsp3) is 0.611. The van der Waals surface area contributed by atoms with E-state index in [1.54, 1.807) is 7.11 Å². The fourth-order valence-electron chi connectivity index (χ4n) is 3.15. The van der Waals surface area contributed by atoms with E-state index in [0.717, 1.165) is 12.8 Å². The Hall–Kier alpha value is -1.59. The largest absolute Gasteiger partial charge is 0.391 e. The lowest BCUT2D eigenvalue weighted by atomic mass is 9.70. The van der Waals surface area contributed by atoms with Gasteiger partial charge in [0.05, 0.1) is 18.8 Å². The smallest absolute Gasteiger partial charge is 0.315 e. The van der Waals surface area contributed by atoms with Gasteiger partial charge in [0.15, 0.2) is 0 Å². The molecule has 2 rings (SSSR count). The number of aliphatic hydroxyl groups is 1. The van der Waals surface area contributed by atoms with Crippen LogP contribution in [0.15, 0.2) is 24.3 Å². The number of ether oxygens (including phenoxy) is 1. The summed E-state index contributed by atoms with van der Waals surface area (Å²) in [7, 11) is 1.55. The molecule has 0 aromatic heterocycles. The van der Waals surface area contributed by atoms with Crippen LogP contribution >= 0.6 is 0 Å². The summed E-state index contributed by atoms with van der Waals surface area (Å²) in [6.45, 7) is 5.09. The minimum atomic E-state index is -0.549. The van der Waals surface area contributed by atoms with E-state index in [1.165, 1.54) is 11.1 Å². The molecule has 0 saturated heterocycles. The molecule has 0 spiro atoms. The Kier molecular flexibility index (Phi) is 6.02. The van der Waals surface area contributed by atoms with Crippen molar-refractivity contribution in [2.75, 3.05) is 20.3 Å². The van der Waals surface area contributed by atoms with Crippen molar-refractivity contribution in [1.29, 1.82) is 0 Å². The molecule has 128 valence electrons. The average molecular weight is 320 g/mol. The highest BCUT2D eigenvalue weighted by Gasteiger charge is 2.36. The molecule has 3 N–H and O–H groups in total. The van der Waals surface area contributed by atoms with E-state index in [0.29, 0.717) is 13.0 Å². The van der Waals surface area contributed by atoms with Crippen molar-refractivity contribution >= 4 is 6.03 Å². The van der Waals surface area contributed by atoms with Crippen LogP contribution < -0.4 is 10.6 Å². The van der Waals surface area contributed by atoms with Crippen molar-refractivity contribution in [3.05, 3.63) is 35.4 Å². The van der Waals surface area contributed by atoms with E-state index in [9.17, 15) is 9.90 Å². The van der Waals surface area contributed by atoms with Crippen molar-refractivity contribution in [2.45, 2.75) is 45.3 Å². The number of fused-ring (bicyclic) bond motifs is 1. The zero-order valence-electron chi connectivity index (χ0n) is 14.3. The van der Waals surface area contributed by atoms with Crippen LogP contribution in [0, 0.1) is 5.41 Å². The Balaban J connectivity index is 1.94. The van der Waals surface area contributed by atoms with E-state index in [2.05, 4.69) is 36.6 Å². The first-order chi connectivity index (χ1) is 10.9. The number of carbonyl (C=O) groups excluding carboxylic acids is 1. The number of nitrogens with one attached hydrogen (secondary N) is 2. The summed E-state index contributed by atoms with van der Waals surface area (Å²) in [5, 5.41) is 15.5. The summed E-state index contributed by atoms with van der Waals surface area (Å²) < 4.78 is 4.87. The second-order valence-electron chi connectivity index (χ2n) is 6.92. The van der Waals surface area contributed by atoms with E-state index < -0.39 is 6.10 Å². The minimum Gasteiger partial charge on any atom is -0.391 e. The molecule has 0 heterocycles. The number of carbonyl (C=O) groups is 1. The van der Waals surface area contributed by atoms with Gasteiger partial charge >= 0.3 is 6.03 Å². The molecule has 0 saturated carbocycles. The van der Waals surface area contributed by atoms with Crippen LogP contribution in [0.4, 0.5) is 4.79 Å². The molecule has 0 aliphatic heterocycles. The molecule has 1 aliphatic carbocycles. The number of aliphatic hydroxyl groups excluding tert-OH is 1. The van der Waals surface area contributed by atoms with Gasteiger partial charge in [-0.15, -0.1) is 0 Å². The van der Waals surface area contributed by atoms with E-state index in [4.69, 9.17) is 4.74 Å². The highest BCUT2D eigenvalue weighted by atomic mass is 16.5. The summed E-state index contributed by atoms with van der Waals surface area (Å²) in [5.41, 5.74) is 2.53. The third kappa shape index (κ3) is 4.69. The van der Waals surface area contributed by atoms with Gasteiger partial charge < -0.3 is 20.5 Å². The minimum absolute atomic E-state index is 0.00338. The van der Waals surface area contributed by atoms with Gasteiger partial charge in [-0.2, -0.15) is 0 Å².